The molecule has 0 heterocycles. The monoisotopic (exact) mass is 236 g/mol. The number of nitrogens with one attached hydrogen (secondary N) is 2. The molecule has 0 saturated heterocycles. The molecule has 0 aromatic heterocycles. The molecule has 0 spiro atoms. The second kappa shape index (κ2) is 8.07. The molecular formula is C10H24N2O2S. The topological polar surface area (TPSA) is 58.2 Å². The fourth-order valence-corrected chi connectivity index (χ4v) is 2.88. The van der Waals surface area contributed by atoms with Crippen LogP contribution in [-0.4, -0.2) is 33.8 Å². The SMILES string of the molecule is CCCC(CC)NS(=O)(=O)CCCNC. The molecule has 0 fully saturated rings. The molecule has 0 aliphatic carbocycles. The summed E-state index contributed by atoms with van der Waals surface area (Å²) in [5.41, 5.74) is 0. The van der Waals surface area contributed by atoms with Gasteiger partial charge in [-0.15, -0.1) is 0 Å². The van der Waals surface area contributed by atoms with Gasteiger partial charge in [-0.3, -0.25) is 0 Å². The molecule has 2 N–H and O–H groups in total. The zero-order valence-electron chi connectivity index (χ0n) is 10.0. The Kier molecular flexibility index (Phi) is 8.00. The van der Waals surface area contributed by atoms with Gasteiger partial charge in [-0.25, -0.2) is 13.1 Å². The van der Waals surface area contributed by atoms with Crippen LogP contribution in [0.1, 0.15) is 39.5 Å². The van der Waals surface area contributed by atoms with Crippen molar-refractivity contribution in [1.29, 1.82) is 0 Å². The molecule has 0 rings (SSSR count). The first-order chi connectivity index (χ1) is 7.05. The lowest BCUT2D eigenvalue weighted by atomic mass is 10.1. The van der Waals surface area contributed by atoms with Crippen molar-refractivity contribution in [2.24, 2.45) is 0 Å². The van der Waals surface area contributed by atoms with Gasteiger partial charge in [0.2, 0.25) is 10.0 Å². The summed E-state index contributed by atoms with van der Waals surface area (Å²) in [6.07, 6.45) is 3.45. The fourth-order valence-electron chi connectivity index (χ4n) is 1.45. The second-order valence-electron chi connectivity index (χ2n) is 3.79. The van der Waals surface area contributed by atoms with E-state index in [4.69, 9.17) is 0 Å². The average Bonchev–Trinajstić information content (AvgIpc) is 2.17. The van der Waals surface area contributed by atoms with E-state index in [1.807, 2.05) is 14.0 Å². The van der Waals surface area contributed by atoms with E-state index in [-0.39, 0.29) is 11.8 Å². The molecule has 0 aromatic rings. The minimum Gasteiger partial charge on any atom is -0.320 e. The summed E-state index contributed by atoms with van der Waals surface area (Å²) in [7, 11) is -1.25. The first-order valence-electron chi connectivity index (χ1n) is 5.70. The van der Waals surface area contributed by atoms with Crippen molar-refractivity contribution in [3.63, 3.8) is 0 Å². The second-order valence-corrected chi connectivity index (χ2v) is 5.66. The molecule has 1 unspecified atom stereocenters. The van der Waals surface area contributed by atoms with Crippen LogP contribution >= 0.6 is 0 Å². The zero-order chi connectivity index (χ0) is 11.7. The molecule has 0 saturated carbocycles. The molecule has 5 heteroatoms. The van der Waals surface area contributed by atoms with E-state index in [0.717, 1.165) is 25.8 Å². The third-order valence-electron chi connectivity index (χ3n) is 2.32. The van der Waals surface area contributed by atoms with Crippen molar-refractivity contribution in [2.45, 2.75) is 45.6 Å². The maximum atomic E-state index is 11.6. The van der Waals surface area contributed by atoms with Crippen LogP contribution in [0.25, 0.3) is 0 Å². The normalized spacial score (nSPS) is 14.1. The Morgan fingerprint density at radius 1 is 1.27 bits per heavy atom. The maximum absolute atomic E-state index is 11.6. The first kappa shape index (κ1) is 14.9. The van der Waals surface area contributed by atoms with Gasteiger partial charge in [0.05, 0.1) is 5.75 Å². The summed E-state index contributed by atoms with van der Waals surface area (Å²) in [6.45, 7) is 4.82. The van der Waals surface area contributed by atoms with E-state index < -0.39 is 10.0 Å². The van der Waals surface area contributed by atoms with Gasteiger partial charge in [0.25, 0.3) is 0 Å². The molecular weight excluding hydrogens is 212 g/mol. The van der Waals surface area contributed by atoms with Gasteiger partial charge >= 0.3 is 0 Å². The van der Waals surface area contributed by atoms with Gasteiger partial charge in [0.1, 0.15) is 0 Å². The van der Waals surface area contributed by atoms with Crippen molar-refractivity contribution >= 4 is 10.0 Å². The fraction of sp³-hybridized carbons (Fsp3) is 1.00. The summed E-state index contributed by atoms with van der Waals surface area (Å²) >= 11 is 0. The Bertz CT molecular complexity index is 240. The number of sulfonamides is 1. The zero-order valence-corrected chi connectivity index (χ0v) is 10.9. The average molecular weight is 236 g/mol. The van der Waals surface area contributed by atoms with Crippen molar-refractivity contribution in [3.05, 3.63) is 0 Å². The minimum atomic E-state index is -3.08. The van der Waals surface area contributed by atoms with Crippen LogP contribution in [0.15, 0.2) is 0 Å². The lowest BCUT2D eigenvalue weighted by Gasteiger charge is -2.16. The van der Waals surface area contributed by atoms with Crippen molar-refractivity contribution in [2.75, 3.05) is 19.3 Å². The molecule has 0 radical (unpaired) electrons. The third-order valence-corrected chi connectivity index (χ3v) is 3.83. The highest BCUT2D eigenvalue weighted by atomic mass is 32.2. The van der Waals surface area contributed by atoms with E-state index in [2.05, 4.69) is 17.0 Å². The van der Waals surface area contributed by atoms with E-state index >= 15 is 0 Å². The lowest BCUT2D eigenvalue weighted by molar-refractivity contribution is 0.511. The molecule has 92 valence electrons. The van der Waals surface area contributed by atoms with Gasteiger partial charge in [-0.1, -0.05) is 20.3 Å². The summed E-state index contributed by atoms with van der Waals surface area (Å²) in [4.78, 5) is 0. The summed E-state index contributed by atoms with van der Waals surface area (Å²) in [5, 5.41) is 2.94. The van der Waals surface area contributed by atoms with Crippen LogP contribution < -0.4 is 10.0 Å². The van der Waals surface area contributed by atoms with Crippen molar-refractivity contribution < 1.29 is 8.42 Å². The molecule has 4 nitrogen and oxygen atoms in total. The molecule has 0 aliphatic rings. The molecule has 0 bridgehead atoms. The highest BCUT2D eigenvalue weighted by Crippen LogP contribution is 2.03. The Morgan fingerprint density at radius 3 is 2.40 bits per heavy atom. The quantitative estimate of drug-likeness (QED) is 0.589. The molecule has 1 atom stereocenters. The molecule has 0 aromatic carbocycles. The Labute approximate surface area is 93.9 Å². The summed E-state index contributed by atoms with van der Waals surface area (Å²) in [5.74, 6) is 0.216. The van der Waals surface area contributed by atoms with E-state index in [0.29, 0.717) is 6.42 Å². The van der Waals surface area contributed by atoms with Gasteiger partial charge in [0, 0.05) is 6.04 Å². The highest BCUT2D eigenvalue weighted by Gasteiger charge is 2.14. The lowest BCUT2D eigenvalue weighted by Crippen LogP contribution is -2.36. The Balaban J connectivity index is 3.99. The van der Waals surface area contributed by atoms with Gasteiger partial charge in [-0.2, -0.15) is 0 Å². The van der Waals surface area contributed by atoms with Crippen molar-refractivity contribution in [1.82, 2.24) is 10.0 Å². The Hall–Kier alpha value is -0.130. The van der Waals surface area contributed by atoms with Crippen LogP contribution in [0.3, 0.4) is 0 Å². The van der Waals surface area contributed by atoms with Crippen LogP contribution in [-0.2, 0) is 10.0 Å². The summed E-state index contributed by atoms with van der Waals surface area (Å²) < 4.78 is 26.0. The maximum Gasteiger partial charge on any atom is 0.211 e. The molecule has 0 amide bonds. The Morgan fingerprint density at radius 2 is 1.93 bits per heavy atom. The van der Waals surface area contributed by atoms with E-state index in [1.54, 1.807) is 0 Å². The van der Waals surface area contributed by atoms with Crippen molar-refractivity contribution in [3.8, 4) is 0 Å². The smallest absolute Gasteiger partial charge is 0.211 e. The largest absolute Gasteiger partial charge is 0.320 e. The first-order valence-corrected chi connectivity index (χ1v) is 7.35. The van der Waals surface area contributed by atoms with Gasteiger partial charge < -0.3 is 5.32 Å². The van der Waals surface area contributed by atoms with E-state index in [9.17, 15) is 8.42 Å². The van der Waals surface area contributed by atoms with Gasteiger partial charge in [0.15, 0.2) is 0 Å². The predicted molar refractivity (Wildman–Crippen MR) is 64.5 cm³/mol. The third kappa shape index (κ3) is 7.76. The summed E-state index contributed by atoms with van der Waals surface area (Å²) in [6, 6.07) is 0.106. The molecule has 15 heavy (non-hydrogen) atoms. The van der Waals surface area contributed by atoms with Gasteiger partial charge in [-0.05, 0) is 32.9 Å². The highest BCUT2D eigenvalue weighted by molar-refractivity contribution is 7.89. The molecule has 0 aliphatic heterocycles. The number of rotatable bonds is 9. The van der Waals surface area contributed by atoms with E-state index in [1.165, 1.54) is 0 Å². The predicted octanol–water partition coefficient (Wildman–Crippen LogP) is 1.09. The number of hydrogen-bond donors (Lipinski definition) is 2. The number of hydrogen-bond acceptors (Lipinski definition) is 3. The minimum absolute atomic E-state index is 0.106. The van der Waals surface area contributed by atoms with Crippen LogP contribution in [0.4, 0.5) is 0 Å². The van der Waals surface area contributed by atoms with Crippen LogP contribution in [0.2, 0.25) is 0 Å². The van der Waals surface area contributed by atoms with Crippen LogP contribution in [0, 0.1) is 0 Å². The van der Waals surface area contributed by atoms with Crippen LogP contribution in [0.5, 0.6) is 0 Å². The standard InChI is InChI=1S/C10H24N2O2S/c1-4-7-10(5-2)12-15(13,14)9-6-8-11-3/h10-12H,4-9H2,1-3H3.